The van der Waals surface area contributed by atoms with Crippen molar-refractivity contribution in [2.75, 3.05) is 0 Å². The predicted octanol–water partition coefficient (Wildman–Crippen LogP) is 0.646. The van der Waals surface area contributed by atoms with Crippen LogP contribution in [0.25, 0.3) is 0 Å². The van der Waals surface area contributed by atoms with Crippen molar-refractivity contribution in [2.24, 2.45) is 0 Å². The summed E-state index contributed by atoms with van der Waals surface area (Å²) in [5.74, 6) is 12.1. The summed E-state index contributed by atoms with van der Waals surface area (Å²) in [6, 6.07) is 0. The van der Waals surface area contributed by atoms with Gasteiger partial charge in [-0.15, -0.1) is 6.40 Å². The lowest BCUT2D eigenvalue weighted by molar-refractivity contribution is 1.92. The highest BCUT2D eigenvalue weighted by Crippen LogP contribution is 1.48. The molecule has 0 heterocycles. The Morgan fingerprint density at radius 3 is 2.86 bits per heavy atom. The average molecular weight is 90.1 g/mol. The summed E-state index contributed by atoms with van der Waals surface area (Å²) in [6.45, 7) is 1.70. The van der Waals surface area contributed by atoms with Crippen molar-refractivity contribution in [3.8, 4) is 36.0 Å². The highest BCUT2D eigenvalue weighted by Gasteiger charge is 1.45. The summed E-state index contributed by atoms with van der Waals surface area (Å²) in [7, 11) is 0. The molecule has 0 spiro atoms. The topological polar surface area (TPSA) is 0 Å². The maximum absolute atomic E-state index is 6.33. The van der Waals surface area contributed by atoms with E-state index in [0.717, 1.165) is 0 Å². The van der Waals surface area contributed by atoms with Crippen LogP contribution in [0.2, 0.25) is 0 Å². The molecule has 0 rings (SSSR count). The van der Waals surface area contributed by atoms with Gasteiger partial charge in [-0.1, -0.05) is 5.92 Å². The molecule has 0 aromatic heterocycles. The minimum atomic E-state index is 1.70. The van der Waals surface area contributed by atoms with Crippen molar-refractivity contribution in [3.05, 3.63) is 0 Å². The molecule has 0 saturated carbocycles. The van der Waals surface area contributed by atoms with Gasteiger partial charge in [0.1, 0.15) is 1.37 Å². The number of hydrogen-bond acceptors (Lipinski definition) is 0. The van der Waals surface area contributed by atoms with E-state index >= 15 is 0 Å². The van der Waals surface area contributed by atoms with Crippen molar-refractivity contribution >= 4 is 0 Å². The normalized spacial score (nSPS) is 4.43. The molecule has 0 saturated heterocycles. The summed E-state index contributed by atoms with van der Waals surface area (Å²) in [6.07, 6.45) is 1.89. The fraction of sp³-hybridized carbons (Fsp3) is 0.143. The van der Waals surface area contributed by atoms with Gasteiger partial charge < -0.3 is 0 Å². The van der Waals surface area contributed by atoms with E-state index < -0.39 is 0 Å². The lowest BCUT2D eigenvalue weighted by atomic mass is 10.5. The molecule has 0 radical (unpaired) electrons. The van der Waals surface area contributed by atoms with E-state index in [9.17, 15) is 0 Å². The van der Waals surface area contributed by atoms with Crippen molar-refractivity contribution in [1.82, 2.24) is 0 Å². The zero-order valence-corrected chi connectivity index (χ0v) is 4.00. The third-order valence-corrected chi connectivity index (χ3v) is 0.312. The van der Waals surface area contributed by atoms with Gasteiger partial charge in [-0.05, 0) is 30.6 Å². The van der Waals surface area contributed by atoms with Crippen LogP contribution in [-0.4, -0.2) is 0 Å². The number of terminal acetylenes is 1. The van der Waals surface area contributed by atoms with Crippen LogP contribution in [0.3, 0.4) is 0 Å². The molecular weight excluding hydrogens is 84.1 g/mol. The Morgan fingerprint density at radius 2 is 2.29 bits per heavy atom. The van der Waals surface area contributed by atoms with E-state index in [1.807, 2.05) is 6.40 Å². The van der Waals surface area contributed by atoms with Crippen molar-refractivity contribution < 1.29 is 1.37 Å². The van der Waals surface area contributed by atoms with Gasteiger partial charge in [0.15, 0.2) is 0 Å². The van der Waals surface area contributed by atoms with Gasteiger partial charge in [0.2, 0.25) is 0 Å². The Kier molecular flexibility index (Phi) is 2.58. The first-order valence-electron chi connectivity index (χ1n) is 2.25. The maximum Gasteiger partial charge on any atom is 0.125 e. The Hall–Kier alpha value is -1.32. The van der Waals surface area contributed by atoms with Gasteiger partial charge in [-0.25, -0.2) is 0 Å². The molecule has 0 aliphatic carbocycles. The fourth-order valence-electron chi connectivity index (χ4n) is 0.125. The van der Waals surface area contributed by atoms with E-state index in [0.29, 0.717) is 0 Å². The monoisotopic (exact) mass is 90.0 g/mol. The van der Waals surface area contributed by atoms with Crippen LogP contribution in [-0.2, 0) is 0 Å². The first-order chi connectivity index (χ1) is 3.91. The second-order valence-corrected chi connectivity index (χ2v) is 0.750. The van der Waals surface area contributed by atoms with Crippen LogP contribution in [0.1, 0.15) is 8.29 Å². The molecule has 0 heteroatoms. The Labute approximate surface area is 45.3 Å². The van der Waals surface area contributed by atoms with Crippen LogP contribution >= 0.6 is 0 Å². The van der Waals surface area contributed by atoms with E-state index in [1.165, 1.54) is 0 Å². The van der Waals surface area contributed by atoms with Crippen LogP contribution in [0.15, 0.2) is 0 Å². The fourth-order valence-corrected chi connectivity index (χ4v) is 0.125. The van der Waals surface area contributed by atoms with Gasteiger partial charge in [0.05, 0.1) is 0 Å². The minimum absolute atomic E-state index is 1.70. The predicted molar refractivity (Wildman–Crippen MR) is 30.1 cm³/mol. The highest BCUT2D eigenvalue weighted by atomic mass is 13.5. The van der Waals surface area contributed by atoms with E-state index in [1.54, 1.807) is 6.92 Å². The summed E-state index contributed by atoms with van der Waals surface area (Å²) in [5, 5.41) is 0. The zero-order valence-electron chi connectivity index (χ0n) is 5.00. The molecule has 0 unspecified atom stereocenters. The lowest BCUT2D eigenvalue weighted by Gasteiger charge is -1.49. The molecule has 0 aliphatic heterocycles. The zero-order chi connectivity index (χ0) is 6.24. The van der Waals surface area contributed by atoms with Crippen molar-refractivity contribution in [3.63, 3.8) is 0 Å². The molecule has 0 nitrogen and oxygen atoms in total. The Balaban J connectivity index is 3.75. The summed E-state index contributed by atoms with van der Waals surface area (Å²) < 4.78 is 6.33. The van der Waals surface area contributed by atoms with Crippen LogP contribution in [0.4, 0.5) is 0 Å². The molecule has 32 valence electrons. The third-order valence-electron chi connectivity index (χ3n) is 0.312. The second-order valence-electron chi connectivity index (χ2n) is 0.750. The first kappa shape index (κ1) is 3.86. The van der Waals surface area contributed by atoms with Gasteiger partial charge in [-0.2, -0.15) is 0 Å². The maximum atomic E-state index is 6.33. The molecule has 0 amide bonds. The van der Waals surface area contributed by atoms with E-state index in [2.05, 4.69) is 29.6 Å². The molecule has 0 aromatic carbocycles. The molecule has 0 aliphatic rings. The van der Waals surface area contributed by atoms with Gasteiger partial charge in [0.25, 0.3) is 0 Å². The van der Waals surface area contributed by atoms with Crippen molar-refractivity contribution in [2.45, 2.75) is 6.92 Å². The van der Waals surface area contributed by atoms with E-state index in [4.69, 9.17) is 1.37 Å². The molecule has 0 bridgehead atoms. The smallest absolute Gasteiger partial charge is 0.106 e. The molecule has 7 heavy (non-hydrogen) atoms. The van der Waals surface area contributed by atoms with Gasteiger partial charge in [0, 0.05) is 0 Å². The first-order valence-corrected chi connectivity index (χ1v) is 1.75. The Morgan fingerprint density at radius 1 is 1.43 bits per heavy atom. The number of rotatable bonds is 0. The Bertz CT molecular complexity index is 194. The standard InChI is InChI=1S/C7H4/c1-3-5-7-6-4-2/h1H,2H3/i1T. The molecule has 0 N–H and O–H groups in total. The van der Waals surface area contributed by atoms with Crippen molar-refractivity contribution in [1.29, 1.82) is 0 Å². The number of hydrogen-bond donors (Lipinski definition) is 0. The van der Waals surface area contributed by atoms with Gasteiger partial charge >= 0.3 is 0 Å². The average Bonchev–Trinajstić information content (AvgIpc) is 1.81. The highest BCUT2D eigenvalue weighted by molar-refractivity contribution is 5.33. The molecule has 0 atom stereocenters. The van der Waals surface area contributed by atoms with Gasteiger partial charge in [-0.3, -0.25) is 0 Å². The SMILES string of the molecule is [3H]C#CC#CC#CC. The molecule has 0 fully saturated rings. The minimum Gasteiger partial charge on any atom is -0.106 e. The lowest BCUT2D eigenvalue weighted by Crippen LogP contribution is -1.46. The molecular formula is C7H4. The molecule has 0 aromatic rings. The third kappa shape index (κ3) is 4.68. The summed E-state index contributed by atoms with van der Waals surface area (Å²) in [4.78, 5) is 0. The van der Waals surface area contributed by atoms with Crippen LogP contribution < -0.4 is 0 Å². The van der Waals surface area contributed by atoms with Crippen LogP contribution in [0.5, 0.6) is 0 Å². The quantitative estimate of drug-likeness (QED) is 0.383. The second kappa shape index (κ2) is 4.68. The van der Waals surface area contributed by atoms with E-state index in [-0.39, 0.29) is 0 Å². The summed E-state index contributed by atoms with van der Waals surface area (Å²) >= 11 is 0. The largest absolute Gasteiger partial charge is 0.125 e. The van der Waals surface area contributed by atoms with Crippen LogP contribution in [0, 0.1) is 36.0 Å². The summed E-state index contributed by atoms with van der Waals surface area (Å²) in [5.41, 5.74) is 0.